The molecule has 0 atom stereocenters. The zero-order valence-electron chi connectivity index (χ0n) is 10.1. The SMILES string of the molecule is CCC1CCN(c2ccc(C#N)cc2Cl)CC1. The van der Waals surface area contributed by atoms with E-state index in [1.165, 1.54) is 19.3 Å². The average Bonchev–Trinajstić information content (AvgIpc) is 2.39. The summed E-state index contributed by atoms with van der Waals surface area (Å²) in [7, 11) is 0. The Morgan fingerprint density at radius 1 is 1.41 bits per heavy atom. The van der Waals surface area contributed by atoms with E-state index in [1.807, 2.05) is 12.1 Å². The summed E-state index contributed by atoms with van der Waals surface area (Å²) in [4.78, 5) is 2.33. The minimum absolute atomic E-state index is 0.627. The van der Waals surface area contributed by atoms with E-state index in [9.17, 15) is 0 Å². The Labute approximate surface area is 108 Å². The topological polar surface area (TPSA) is 27.0 Å². The van der Waals surface area contributed by atoms with Gasteiger partial charge in [-0.15, -0.1) is 0 Å². The van der Waals surface area contributed by atoms with Crippen molar-refractivity contribution in [3.8, 4) is 6.07 Å². The van der Waals surface area contributed by atoms with Gasteiger partial charge in [-0.1, -0.05) is 24.9 Å². The first-order valence-electron chi connectivity index (χ1n) is 6.19. The van der Waals surface area contributed by atoms with Gasteiger partial charge in [0.25, 0.3) is 0 Å². The van der Waals surface area contributed by atoms with E-state index in [0.29, 0.717) is 10.6 Å². The lowest BCUT2D eigenvalue weighted by atomic mass is 9.94. The fourth-order valence-electron chi connectivity index (χ4n) is 2.42. The van der Waals surface area contributed by atoms with E-state index in [2.05, 4.69) is 17.9 Å². The molecule has 1 aliphatic heterocycles. The predicted molar refractivity (Wildman–Crippen MR) is 71.4 cm³/mol. The summed E-state index contributed by atoms with van der Waals surface area (Å²) in [6.45, 7) is 4.41. The molecule has 1 aliphatic rings. The van der Waals surface area contributed by atoms with Gasteiger partial charge in [-0.05, 0) is 37.0 Å². The fourth-order valence-corrected chi connectivity index (χ4v) is 2.72. The Hall–Kier alpha value is -1.20. The van der Waals surface area contributed by atoms with Crippen molar-refractivity contribution >= 4 is 17.3 Å². The van der Waals surface area contributed by atoms with Crippen LogP contribution in [-0.4, -0.2) is 13.1 Å². The third-order valence-electron chi connectivity index (χ3n) is 3.61. The van der Waals surface area contributed by atoms with Gasteiger partial charge in [0.1, 0.15) is 0 Å². The summed E-state index contributed by atoms with van der Waals surface area (Å²) in [6.07, 6.45) is 3.76. The zero-order chi connectivity index (χ0) is 12.3. The first-order valence-corrected chi connectivity index (χ1v) is 6.57. The molecule has 0 saturated carbocycles. The number of anilines is 1. The Morgan fingerprint density at radius 2 is 2.12 bits per heavy atom. The Kier molecular flexibility index (Phi) is 3.91. The lowest BCUT2D eigenvalue weighted by molar-refractivity contribution is 0.395. The molecule has 0 bridgehead atoms. The normalized spacial score (nSPS) is 16.9. The predicted octanol–water partition coefficient (Wildman–Crippen LogP) is 3.84. The number of hydrogen-bond donors (Lipinski definition) is 0. The van der Waals surface area contributed by atoms with Crippen LogP contribution in [0.1, 0.15) is 31.7 Å². The molecule has 1 saturated heterocycles. The lowest BCUT2D eigenvalue weighted by Gasteiger charge is -2.33. The van der Waals surface area contributed by atoms with E-state index in [4.69, 9.17) is 16.9 Å². The van der Waals surface area contributed by atoms with Crippen LogP contribution in [0.5, 0.6) is 0 Å². The maximum atomic E-state index is 8.81. The van der Waals surface area contributed by atoms with Crippen LogP contribution in [0.25, 0.3) is 0 Å². The second-order valence-corrected chi connectivity index (χ2v) is 5.02. The molecule has 1 heterocycles. The van der Waals surface area contributed by atoms with E-state index < -0.39 is 0 Å². The van der Waals surface area contributed by atoms with Crippen molar-refractivity contribution in [1.82, 2.24) is 0 Å². The minimum atomic E-state index is 0.627. The van der Waals surface area contributed by atoms with Gasteiger partial charge in [0.2, 0.25) is 0 Å². The highest BCUT2D eigenvalue weighted by Crippen LogP contribution is 2.31. The Morgan fingerprint density at radius 3 is 2.65 bits per heavy atom. The first kappa shape index (κ1) is 12.3. The molecule has 0 unspecified atom stereocenters. The second kappa shape index (κ2) is 5.42. The number of hydrogen-bond acceptors (Lipinski definition) is 2. The number of halogens is 1. The van der Waals surface area contributed by atoms with Crippen LogP contribution in [0, 0.1) is 17.2 Å². The minimum Gasteiger partial charge on any atom is -0.370 e. The van der Waals surface area contributed by atoms with Gasteiger partial charge in [-0.3, -0.25) is 0 Å². The third-order valence-corrected chi connectivity index (χ3v) is 3.91. The fraction of sp³-hybridized carbons (Fsp3) is 0.500. The smallest absolute Gasteiger partial charge is 0.0992 e. The molecule has 0 spiro atoms. The summed E-state index contributed by atoms with van der Waals surface area (Å²) in [6, 6.07) is 7.67. The molecule has 2 nitrogen and oxygen atoms in total. The molecular formula is C14H17ClN2. The van der Waals surface area contributed by atoms with Crippen LogP contribution in [0.15, 0.2) is 18.2 Å². The van der Waals surface area contributed by atoms with Crippen molar-refractivity contribution in [2.45, 2.75) is 26.2 Å². The van der Waals surface area contributed by atoms with Gasteiger partial charge >= 0.3 is 0 Å². The molecule has 17 heavy (non-hydrogen) atoms. The van der Waals surface area contributed by atoms with E-state index in [-0.39, 0.29) is 0 Å². The highest BCUT2D eigenvalue weighted by atomic mass is 35.5. The van der Waals surface area contributed by atoms with Gasteiger partial charge in [0.15, 0.2) is 0 Å². The standard InChI is InChI=1S/C14H17ClN2/c1-2-11-5-7-17(8-6-11)14-4-3-12(10-16)9-13(14)15/h3-4,9,11H,2,5-8H2,1H3. The first-order chi connectivity index (χ1) is 8.24. The largest absolute Gasteiger partial charge is 0.370 e. The molecule has 0 amide bonds. The zero-order valence-corrected chi connectivity index (χ0v) is 10.9. The van der Waals surface area contributed by atoms with E-state index in [1.54, 1.807) is 6.07 Å². The average molecular weight is 249 g/mol. The van der Waals surface area contributed by atoms with Crippen LogP contribution in [0.3, 0.4) is 0 Å². The summed E-state index contributed by atoms with van der Waals surface area (Å²) in [5.74, 6) is 0.864. The summed E-state index contributed by atoms with van der Waals surface area (Å²) >= 11 is 6.22. The number of nitriles is 1. The van der Waals surface area contributed by atoms with Crippen LogP contribution in [0.2, 0.25) is 5.02 Å². The van der Waals surface area contributed by atoms with Gasteiger partial charge in [0, 0.05) is 13.1 Å². The molecule has 0 radical (unpaired) electrons. The number of piperidine rings is 1. The van der Waals surface area contributed by atoms with Gasteiger partial charge < -0.3 is 4.90 Å². The maximum Gasteiger partial charge on any atom is 0.0992 e. The molecule has 1 aromatic carbocycles. The van der Waals surface area contributed by atoms with Crippen LogP contribution >= 0.6 is 11.6 Å². The van der Waals surface area contributed by atoms with Crippen molar-refractivity contribution in [3.63, 3.8) is 0 Å². The monoisotopic (exact) mass is 248 g/mol. The molecule has 2 rings (SSSR count). The van der Waals surface area contributed by atoms with Crippen molar-refractivity contribution < 1.29 is 0 Å². The Balaban J connectivity index is 2.11. The van der Waals surface area contributed by atoms with Crippen molar-refractivity contribution in [1.29, 1.82) is 5.26 Å². The van der Waals surface area contributed by atoms with Crippen LogP contribution < -0.4 is 4.90 Å². The summed E-state index contributed by atoms with van der Waals surface area (Å²) in [5, 5.41) is 9.50. The molecule has 0 N–H and O–H groups in total. The van der Waals surface area contributed by atoms with E-state index in [0.717, 1.165) is 24.7 Å². The lowest BCUT2D eigenvalue weighted by Crippen LogP contribution is -2.33. The van der Waals surface area contributed by atoms with Crippen molar-refractivity contribution in [3.05, 3.63) is 28.8 Å². The van der Waals surface area contributed by atoms with Gasteiger partial charge in [-0.2, -0.15) is 5.26 Å². The van der Waals surface area contributed by atoms with Crippen molar-refractivity contribution in [2.24, 2.45) is 5.92 Å². The van der Waals surface area contributed by atoms with Gasteiger partial charge in [0.05, 0.1) is 22.3 Å². The molecular weight excluding hydrogens is 232 g/mol. The second-order valence-electron chi connectivity index (χ2n) is 4.62. The Bertz CT molecular complexity index is 428. The molecule has 1 aromatic rings. The third kappa shape index (κ3) is 2.73. The van der Waals surface area contributed by atoms with Crippen molar-refractivity contribution in [2.75, 3.05) is 18.0 Å². The van der Waals surface area contributed by atoms with Crippen LogP contribution in [-0.2, 0) is 0 Å². The number of rotatable bonds is 2. The quantitative estimate of drug-likeness (QED) is 0.795. The van der Waals surface area contributed by atoms with Gasteiger partial charge in [-0.25, -0.2) is 0 Å². The molecule has 1 fully saturated rings. The highest BCUT2D eigenvalue weighted by molar-refractivity contribution is 6.33. The summed E-state index contributed by atoms with van der Waals surface area (Å²) < 4.78 is 0. The highest BCUT2D eigenvalue weighted by Gasteiger charge is 2.19. The molecule has 0 aromatic heterocycles. The maximum absolute atomic E-state index is 8.81. The summed E-state index contributed by atoms with van der Waals surface area (Å²) in [5.41, 5.74) is 1.70. The molecule has 0 aliphatic carbocycles. The molecule has 3 heteroatoms. The van der Waals surface area contributed by atoms with E-state index >= 15 is 0 Å². The molecule has 90 valence electrons. The number of nitrogens with zero attached hydrogens (tertiary/aromatic N) is 2. The number of benzene rings is 1. The van der Waals surface area contributed by atoms with Crippen LogP contribution in [0.4, 0.5) is 5.69 Å².